The van der Waals surface area contributed by atoms with Crippen molar-refractivity contribution in [1.82, 2.24) is 14.8 Å². The number of halogens is 1. The highest BCUT2D eigenvalue weighted by Crippen LogP contribution is 2.31. The van der Waals surface area contributed by atoms with E-state index in [4.69, 9.17) is 15.2 Å². The molecule has 2 N–H and O–H groups in total. The molecule has 0 amide bonds. The van der Waals surface area contributed by atoms with Crippen molar-refractivity contribution < 1.29 is 14.3 Å². The van der Waals surface area contributed by atoms with Gasteiger partial charge in [-0.1, -0.05) is 34.1 Å². The zero-order chi connectivity index (χ0) is 20.5. The molecular formula is C21H17BrN4O3. The van der Waals surface area contributed by atoms with E-state index in [-0.39, 0.29) is 5.69 Å². The predicted molar refractivity (Wildman–Crippen MR) is 114 cm³/mol. The van der Waals surface area contributed by atoms with Gasteiger partial charge < -0.3 is 15.2 Å². The van der Waals surface area contributed by atoms with Gasteiger partial charge in [0.2, 0.25) is 0 Å². The van der Waals surface area contributed by atoms with Crippen molar-refractivity contribution in [3.63, 3.8) is 0 Å². The van der Waals surface area contributed by atoms with Crippen LogP contribution in [0.25, 0.3) is 28.0 Å². The summed E-state index contributed by atoms with van der Waals surface area (Å²) in [5, 5.41) is 4.54. The van der Waals surface area contributed by atoms with Crippen LogP contribution >= 0.6 is 15.9 Å². The van der Waals surface area contributed by atoms with Crippen LogP contribution in [0, 0.1) is 0 Å². The molecule has 0 radical (unpaired) electrons. The Balaban J connectivity index is 2.00. The summed E-state index contributed by atoms with van der Waals surface area (Å²) in [6.07, 6.45) is 0. The van der Waals surface area contributed by atoms with E-state index in [0.717, 1.165) is 10.0 Å². The van der Waals surface area contributed by atoms with Crippen LogP contribution in [-0.4, -0.2) is 35.0 Å². The Hall–Kier alpha value is -3.39. The fourth-order valence-electron chi connectivity index (χ4n) is 3.08. The summed E-state index contributed by atoms with van der Waals surface area (Å²) in [5.74, 6) is 0.0715. The Labute approximate surface area is 175 Å². The third-order valence-corrected chi connectivity index (χ3v) is 4.95. The van der Waals surface area contributed by atoms with Gasteiger partial charge in [-0.2, -0.15) is 5.10 Å². The van der Waals surface area contributed by atoms with Crippen LogP contribution in [0.2, 0.25) is 0 Å². The Morgan fingerprint density at radius 3 is 2.59 bits per heavy atom. The van der Waals surface area contributed by atoms with Crippen molar-refractivity contribution in [2.75, 3.05) is 20.0 Å². The minimum atomic E-state index is -0.561. The highest BCUT2D eigenvalue weighted by molar-refractivity contribution is 9.10. The maximum atomic E-state index is 12.6. The first-order valence-corrected chi connectivity index (χ1v) is 9.49. The number of nitrogens with two attached hydrogens (primary N) is 1. The number of hydrogen-bond acceptors (Lipinski definition) is 6. The third kappa shape index (κ3) is 3.42. The van der Waals surface area contributed by atoms with E-state index in [9.17, 15) is 4.79 Å². The van der Waals surface area contributed by atoms with Gasteiger partial charge in [0.25, 0.3) is 0 Å². The monoisotopic (exact) mass is 452 g/mol. The zero-order valence-corrected chi connectivity index (χ0v) is 17.3. The second kappa shape index (κ2) is 7.56. The molecule has 2 aromatic carbocycles. The number of nitrogens with zero attached hydrogens (tertiary/aromatic N) is 3. The summed E-state index contributed by atoms with van der Waals surface area (Å²) in [4.78, 5) is 17.3. The molecule has 4 rings (SSSR count). The number of anilines is 1. The average Bonchev–Trinajstić information content (AvgIpc) is 3.13. The second-order valence-electron chi connectivity index (χ2n) is 6.26. The van der Waals surface area contributed by atoms with Crippen molar-refractivity contribution in [2.24, 2.45) is 0 Å². The van der Waals surface area contributed by atoms with Crippen molar-refractivity contribution in [1.29, 1.82) is 0 Å². The van der Waals surface area contributed by atoms with Gasteiger partial charge in [0.15, 0.2) is 5.69 Å². The lowest BCUT2D eigenvalue weighted by molar-refractivity contribution is 0.0592. The first-order valence-electron chi connectivity index (χ1n) is 8.69. The summed E-state index contributed by atoms with van der Waals surface area (Å²) in [6, 6.07) is 16.6. The minimum absolute atomic E-state index is 0.194. The van der Waals surface area contributed by atoms with Crippen molar-refractivity contribution in [3.8, 4) is 22.7 Å². The molecule has 0 aliphatic rings. The molecule has 146 valence electrons. The maximum Gasteiger partial charge on any atom is 0.359 e. The van der Waals surface area contributed by atoms with Crippen LogP contribution in [0.3, 0.4) is 0 Å². The zero-order valence-electron chi connectivity index (χ0n) is 15.7. The number of ether oxygens (including phenoxy) is 2. The molecule has 2 heterocycles. The number of benzene rings is 2. The number of carbonyl (C=O) groups is 1. The van der Waals surface area contributed by atoms with E-state index >= 15 is 0 Å². The summed E-state index contributed by atoms with van der Waals surface area (Å²) < 4.78 is 12.7. The number of esters is 1. The molecular weight excluding hydrogens is 436 g/mol. The maximum absolute atomic E-state index is 12.6. The van der Waals surface area contributed by atoms with Gasteiger partial charge >= 0.3 is 5.97 Å². The first kappa shape index (κ1) is 18.9. The number of nitrogen functional groups attached to an aromatic ring is 1. The number of rotatable bonds is 4. The third-order valence-electron chi connectivity index (χ3n) is 4.46. The van der Waals surface area contributed by atoms with E-state index in [0.29, 0.717) is 33.9 Å². The molecule has 4 aromatic rings. The van der Waals surface area contributed by atoms with Gasteiger partial charge in [-0.25, -0.2) is 14.5 Å². The SMILES string of the molecule is COC(=O)c1c2nc(-c3cccc(Br)c3)cc(N)c2nn1-c1cccc(OC)c1. The fraction of sp³-hybridized carbons (Fsp3) is 0.0952. The lowest BCUT2D eigenvalue weighted by atomic mass is 10.1. The first-order chi connectivity index (χ1) is 14.0. The topological polar surface area (TPSA) is 92.3 Å². The molecule has 2 aromatic heterocycles. The standard InChI is InChI=1S/C21H17BrN4O3/c1-28-15-8-4-7-14(10-15)26-20(21(27)29-2)19-18(25-26)16(23)11-17(24-19)12-5-3-6-13(22)9-12/h3-11H,23H2,1-2H3. The van der Waals surface area contributed by atoms with E-state index in [2.05, 4.69) is 26.0 Å². The largest absolute Gasteiger partial charge is 0.497 e. The number of hydrogen-bond donors (Lipinski definition) is 1. The Morgan fingerprint density at radius 1 is 1.07 bits per heavy atom. The number of aromatic nitrogens is 3. The van der Waals surface area contributed by atoms with Gasteiger partial charge in [0, 0.05) is 16.1 Å². The summed E-state index contributed by atoms with van der Waals surface area (Å²) in [7, 11) is 2.89. The van der Waals surface area contributed by atoms with Crippen LogP contribution < -0.4 is 10.5 Å². The Kier molecular flexibility index (Phi) is 4.94. The van der Waals surface area contributed by atoms with Crippen LogP contribution in [0.5, 0.6) is 5.75 Å². The molecule has 0 unspecified atom stereocenters. The normalized spacial score (nSPS) is 10.9. The Bertz CT molecular complexity index is 1240. The average molecular weight is 453 g/mol. The van der Waals surface area contributed by atoms with Crippen molar-refractivity contribution in [3.05, 3.63) is 64.8 Å². The quantitative estimate of drug-likeness (QED) is 0.465. The van der Waals surface area contributed by atoms with Crippen molar-refractivity contribution in [2.45, 2.75) is 0 Å². The molecule has 0 bridgehead atoms. The van der Waals surface area contributed by atoms with Crippen LogP contribution in [-0.2, 0) is 4.74 Å². The molecule has 0 fully saturated rings. The molecule has 7 nitrogen and oxygen atoms in total. The lowest BCUT2D eigenvalue weighted by Gasteiger charge is -2.08. The summed E-state index contributed by atoms with van der Waals surface area (Å²) in [6.45, 7) is 0. The van der Waals surface area contributed by atoms with E-state index < -0.39 is 5.97 Å². The molecule has 8 heteroatoms. The number of carbonyl (C=O) groups excluding carboxylic acids is 1. The van der Waals surface area contributed by atoms with Gasteiger partial charge in [-0.3, -0.25) is 0 Å². The van der Waals surface area contributed by atoms with Gasteiger partial charge in [-0.05, 0) is 30.3 Å². The molecule has 0 spiro atoms. The number of fused-ring (bicyclic) bond motifs is 1. The smallest absolute Gasteiger partial charge is 0.359 e. The van der Waals surface area contributed by atoms with E-state index in [1.807, 2.05) is 42.5 Å². The van der Waals surface area contributed by atoms with Crippen molar-refractivity contribution >= 4 is 38.6 Å². The van der Waals surface area contributed by atoms with Gasteiger partial charge in [0.1, 0.15) is 16.8 Å². The van der Waals surface area contributed by atoms with E-state index in [1.165, 1.54) is 11.8 Å². The fourth-order valence-corrected chi connectivity index (χ4v) is 3.48. The summed E-state index contributed by atoms with van der Waals surface area (Å²) >= 11 is 3.46. The molecule has 0 aliphatic carbocycles. The summed E-state index contributed by atoms with van der Waals surface area (Å²) in [5.41, 5.74) is 9.81. The van der Waals surface area contributed by atoms with Crippen LogP contribution in [0.1, 0.15) is 10.5 Å². The predicted octanol–water partition coefficient (Wildman–Crippen LogP) is 4.23. The highest BCUT2D eigenvalue weighted by atomic mass is 79.9. The second-order valence-corrected chi connectivity index (χ2v) is 7.17. The lowest BCUT2D eigenvalue weighted by Crippen LogP contribution is -2.11. The number of methoxy groups -OCH3 is 2. The number of pyridine rings is 1. The van der Waals surface area contributed by atoms with Gasteiger partial charge in [-0.15, -0.1) is 0 Å². The van der Waals surface area contributed by atoms with Gasteiger partial charge in [0.05, 0.1) is 31.3 Å². The molecule has 0 aliphatic heterocycles. The highest BCUT2D eigenvalue weighted by Gasteiger charge is 2.24. The Morgan fingerprint density at radius 2 is 1.86 bits per heavy atom. The van der Waals surface area contributed by atoms with Crippen LogP contribution in [0.15, 0.2) is 59.1 Å². The van der Waals surface area contributed by atoms with E-state index in [1.54, 1.807) is 19.2 Å². The molecule has 0 atom stereocenters. The molecule has 29 heavy (non-hydrogen) atoms. The molecule has 0 saturated heterocycles. The molecule has 0 saturated carbocycles. The van der Waals surface area contributed by atoms with Crippen LogP contribution in [0.4, 0.5) is 5.69 Å². The minimum Gasteiger partial charge on any atom is -0.497 e.